The zero-order valence-electron chi connectivity index (χ0n) is 9.87. The monoisotopic (exact) mass is 240 g/mol. The highest BCUT2D eigenvalue weighted by atomic mass is 16.5. The van der Waals surface area contributed by atoms with Crippen molar-refractivity contribution in [2.24, 2.45) is 0 Å². The lowest BCUT2D eigenvalue weighted by atomic mass is 10.2. The standard InChI is InChI=1S/C13H12N4O/c1-18-11-5-6-13-12(8-11)15-16-17(13)10-4-2-3-9(14)7-10/h2-8H,14H2,1H3. The van der Waals surface area contributed by atoms with Crippen molar-refractivity contribution in [3.63, 3.8) is 0 Å². The van der Waals surface area contributed by atoms with E-state index in [-0.39, 0.29) is 0 Å². The maximum Gasteiger partial charge on any atom is 0.121 e. The molecule has 3 rings (SSSR count). The second-order valence-electron chi connectivity index (χ2n) is 3.95. The van der Waals surface area contributed by atoms with E-state index in [1.807, 2.05) is 42.5 Å². The van der Waals surface area contributed by atoms with Crippen molar-refractivity contribution in [2.45, 2.75) is 0 Å². The molecule has 0 fully saturated rings. The first kappa shape index (κ1) is 10.6. The summed E-state index contributed by atoms with van der Waals surface area (Å²) >= 11 is 0. The quantitative estimate of drug-likeness (QED) is 0.696. The van der Waals surface area contributed by atoms with Gasteiger partial charge in [0.05, 0.1) is 18.3 Å². The molecule has 5 nitrogen and oxygen atoms in total. The number of anilines is 1. The number of nitrogens with two attached hydrogens (primary N) is 1. The first-order valence-electron chi connectivity index (χ1n) is 5.53. The van der Waals surface area contributed by atoms with E-state index in [0.717, 1.165) is 22.5 Å². The van der Waals surface area contributed by atoms with Crippen molar-refractivity contribution in [3.05, 3.63) is 42.5 Å². The number of ether oxygens (including phenoxy) is 1. The van der Waals surface area contributed by atoms with Gasteiger partial charge >= 0.3 is 0 Å². The van der Waals surface area contributed by atoms with Crippen LogP contribution < -0.4 is 10.5 Å². The molecule has 0 saturated carbocycles. The molecule has 1 heterocycles. The van der Waals surface area contributed by atoms with E-state index >= 15 is 0 Å². The summed E-state index contributed by atoms with van der Waals surface area (Å²) in [6, 6.07) is 13.2. The smallest absolute Gasteiger partial charge is 0.121 e. The Morgan fingerprint density at radius 3 is 2.83 bits per heavy atom. The summed E-state index contributed by atoms with van der Waals surface area (Å²) < 4.78 is 6.91. The Bertz CT molecular complexity index is 705. The van der Waals surface area contributed by atoms with Crippen LogP contribution in [0.3, 0.4) is 0 Å². The molecule has 0 unspecified atom stereocenters. The number of benzene rings is 2. The number of fused-ring (bicyclic) bond motifs is 1. The van der Waals surface area contributed by atoms with Crippen LogP contribution in [0, 0.1) is 0 Å². The van der Waals surface area contributed by atoms with Gasteiger partial charge in [-0.05, 0) is 30.3 Å². The molecule has 0 aliphatic carbocycles. The van der Waals surface area contributed by atoms with Crippen LogP contribution in [-0.2, 0) is 0 Å². The van der Waals surface area contributed by atoms with Gasteiger partial charge in [0.25, 0.3) is 0 Å². The predicted octanol–water partition coefficient (Wildman–Crippen LogP) is 2.01. The summed E-state index contributed by atoms with van der Waals surface area (Å²) in [5.74, 6) is 0.766. The number of aromatic nitrogens is 3. The van der Waals surface area contributed by atoms with Gasteiger partial charge in [0.1, 0.15) is 11.3 Å². The third-order valence-electron chi connectivity index (χ3n) is 2.77. The molecule has 18 heavy (non-hydrogen) atoms. The molecule has 0 aliphatic heterocycles. The van der Waals surface area contributed by atoms with Crippen molar-refractivity contribution in [1.29, 1.82) is 0 Å². The molecule has 5 heteroatoms. The molecule has 0 bridgehead atoms. The van der Waals surface area contributed by atoms with Crippen molar-refractivity contribution in [3.8, 4) is 11.4 Å². The van der Waals surface area contributed by atoms with Gasteiger partial charge in [-0.2, -0.15) is 0 Å². The second-order valence-corrected chi connectivity index (χ2v) is 3.95. The van der Waals surface area contributed by atoms with Gasteiger partial charge in [-0.25, -0.2) is 4.68 Å². The second kappa shape index (κ2) is 4.03. The third-order valence-corrected chi connectivity index (χ3v) is 2.77. The molecule has 0 spiro atoms. The Morgan fingerprint density at radius 1 is 1.17 bits per heavy atom. The average Bonchev–Trinajstić information content (AvgIpc) is 2.81. The van der Waals surface area contributed by atoms with Gasteiger partial charge < -0.3 is 10.5 Å². The van der Waals surface area contributed by atoms with E-state index in [2.05, 4.69) is 10.3 Å². The fraction of sp³-hybridized carbons (Fsp3) is 0.0769. The van der Waals surface area contributed by atoms with Gasteiger partial charge in [0.15, 0.2) is 0 Å². The number of hydrogen-bond acceptors (Lipinski definition) is 4. The average molecular weight is 240 g/mol. The van der Waals surface area contributed by atoms with Crippen LogP contribution in [0.4, 0.5) is 5.69 Å². The molecule has 0 radical (unpaired) electrons. The highest BCUT2D eigenvalue weighted by Gasteiger charge is 2.07. The molecule has 0 aliphatic rings. The lowest BCUT2D eigenvalue weighted by Gasteiger charge is -2.03. The van der Waals surface area contributed by atoms with E-state index in [9.17, 15) is 0 Å². The van der Waals surface area contributed by atoms with E-state index in [0.29, 0.717) is 5.69 Å². The summed E-state index contributed by atoms with van der Waals surface area (Å²) in [7, 11) is 1.63. The predicted molar refractivity (Wildman–Crippen MR) is 69.8 cm³/mol. The topological polar surface area (TPSA) is 66.0 Å². The third kappa shape index (κ3) is 1.66. The first-order valence-corrected chi connectivity index (χ1v) is 5.53. The fourth-order valence-corrected chi connectivity index (χ4v) is 1.88. The van der Waals surface area contributed by atoms with Gasteiger partial charge in [0.2, 0.25) is 0 Å². The lowest BCUT2D eigenvalue weighted by molar-refractivity contribution is 0.415. The molecule has 1 aromatic heterocycles. The van der Waals surface area contributed by atoms with Crippen molar-refractivity contribution in [2.75, 3.05) is 12.8 Å². The van der Waals surface area contributed by atoms with E-state index in [1.54, 1.807) is 11.8 Å². The van der Waals surface area contributed by atoms with Crippen LogP contribution in [-0.4, -0.2) is 22.1 Å². The minimum Gasteiger partial charge on any atom is -0.497 e. The molecule has 0 amide bonds. The SMILES string of the molecule is COc1ccc2c(c1)nnn2-c1cccc(N)c1. The minimum absolute atomic E-state index is 0.699. The summed E-state index contributed by atoms with van der Waals surface area (Å²) in [6.45, 7) is 0. The zero-order valence-corrected chi connectivity index (χ0v) is 9.87. The van der Waals surface area contributed by atoms with E-state index in [4.69, 9.17) is 10.5 Å². The number of nitrogen functional groups attached to an aromatic ring is 1. The zero-order chi connectivity index (χ0) is 12.5. The van der Waals surface area contributed by atoms with Crippen LogP contribution >= 0.6 is 0 Å². The lowest BCUT2D eigenvalue weighted by Crippen LogP contribution is -1.97. The number of methoxy groups -OCH3 is 1. The Balaban J connectivity index is 2.18. The Kier molecular flexibility index (Phi) is 2.37. The molecule has 2 N–H and O–H groups in total. The Hall–Kier alpha value is -2.56. The summed E-state index contributed by atoms with van der Waals surface area (Å²) in [4.78, 5) is 0. The largest absolute Gasteiger partial charge is 0.497 e. The highest BCUT2D eigenvalue weighted by Crippen LogP contribution is 2.21. The van der Waals surface area contributed by atoms with Gasteiger partial charge in [-0.1, -0.05) is 11.3 Å². The van der Waals surface area contributed by atoms with Crippen LogP contribution in [0.15, 0.2) is 42.5 Å². The first-order chi connectivity index (χ1) is 8.78. The molecular formula is C13H12N4O. The fourth-order valence-electron chi connectivity index (χ4n) is 1.88. The Labute approximate surface area is 104 Å². The van der Waals surface area contributed by atoms with Crippen LogP contribution in [0.5, 0.6) is 5.75 Å². The highest BCUT2D eigenvalue weighted by molar-refractivity contribution is 5.78. The summed E-state index contributed by atoms with van der Waals surface area (Å²) in [5, 5.41) is 8.26. The van der Waals surface area contributed by atoms with Gasteiger partial charge in [-0.15, -0.1) is 5.10 Å². The molecule has 0 atom stereocenters. The summed E-state index contributed by atoms with van der Waals surface area (Å²) in [6.07, 6.45) is 0. The maximum atomic E-state index is 5.77. The maximum absolute atomic E-state index is 5.77. The van der Waals surface area contributed by atoms with E-state index < -0.39 is 0 Å². The number of hydrogen-bond donors (Lipinski definition) is 1. The number of rotatable bonds is 2. The minimum atomic E-state index is 0.699. The normalized spacial score (nSPS) is 10.7. The van der Waals surface area contributed by atoms with Crippen LogP contribution in [0.25, 0.3) is 16.7 Å². The van der Waals surface area contributed by atoms with Crippen LogP contribution in [0.1, 0.15) is 0 Å². The van der Waals surface area contributed by atoms with Crippen LogP contribution in [0.2, 0.25) is 0 Å². The van der Waals surface area contributed by atoms with Crippen molar-refractivity contribution < 1.29 is 4.74 Å². The number of nitrogens with zero attached hydrogens (tertiary/aromatic N) is 3. The molecular weight excluding hydrogens is 228 g/mol. The van der Waals surface area contributed by atoms with E-state index in [1.165, 1.54) is 0 Å². The molecule has 0 saturated heterocycles. The molecule has 90 valence electrons. The van der Waals surface area contributed by atoms with Crippen molar-refractivity contribution in [1.82, 2.24) is 15.0 Å². The summed E-state index contributed by atoms with van der Waals surface area (Å²) in [5.41, 5.74) is 9.07. The van der Waals surface area contributed by atoms with Crippen molar-refractivity contribution >= 4 is 16.7 Å². The Morgan fingerprint density at radius 2 is 2.06 bits per heavy atom. The van der Waals surface area contributed by atoms with Gasteiger partial charge in [0, 0.05) is 11.8 Å². The van der Waals surface area contributed by atoms with Gasteiger partial charge in [-0.3, -0.25) is 0 Å². The molecule has 2 aromatic carbocycles. The molecule has 3 aromatic rings.